The zero-order valence-electron chi connectivity index (χ0n) is 17.6. The quantitative estimate of drug-likeness (QED) is 0.641. The summed E-state index contributed by atoms with van der Waals surface area (Å²) >= 11 is 0. The zero-order chi connectivity index (χ0) is 22.0. The molecular formula is C23H26N4O3S. The van der Waals surface area contributed by atoms with E-state index in [1.165, 1.54) is 4.31 Å². The van der Waals surface area contributed by atoms with Crippen molar-refractivity contribution in [3.63, 3.8) is 0 Å². The van der Waals surface area contributed by atoms with E-state index in [1.807, 2.05) is 66.2 Å². The number of carbonyl (C=O) groups is 1. The molecule has 0 bridgehead atoms. The smallest absolute Gasteiger partial charge is 0.239 e. The summed E-state index contributed by atoms with van der Waals surface area (Å²) in [6.07, 6.45) is 5.68. The molecule has 4 rings (SSSR count). The van der Waals surface area contributed by atoms with E-state index in [1.54, 1.807) is 19.4 Å². The van der Waals surface area contributed by atoms with E-state index < -0.39 is 16.1 Å². The fourth-order valence-electron chi connectivity index (χ4n) is 3.92. The number of benzene rings is 2. The Morgan fingerprint density at radius 1 is 1.16 bits per heavy atom. The molecular weight excluding hydrogens is 412 g/mol. The van der Waals surface area contributed by atoms with Gasteiger partial charge in [0.1, 0.15) is 6.04 Å². The second-order valence-corrected chi connectivity index (χ2v) is 9.94. The molecule has 0 radical (unpaired) electrons. The van der Waals surface area contributed by atoms with Crippen LogP contribution in [0.2, 0.25) is 0 Å². The first kappa shape index (κ1) is 21.3. The summed E-state index contributed by atoms with van der Waals surface area (Å²) < 4.78 is 28.7. The summed E-state index contributed by atoms with van der Waals surface area (Å²) in [5.41, 5.74) is 3.89. The van der Waals surface area contributed by atoms with Gasteiger partial charge in [-0.15, -0.1) is 0 Å². The molecule has 2 heterocycles. The highest BCUT2D eigenvalue weighted by Gasteiger charge is 2.38. The predicted octanol–water partition coefficient (Wildman–Crippen LogP) is 2.83. The van der Waals surface area contributed by atoms with Crippen LogP contribution >= 0.6 is 0 Å². The van der Waals surface area contributed by atoms with Crippen LogP contribution < -0.4 is 5.32 Å². The molecule has 8 heteroatoms. The standard InChI is InChI=1S/C23H26N4O3S/c1-3-31(29,30)27-15-20-7-5-4-6-19(20)14-22(27)23(28)25-17(2)18-8-10-21(11-9-18)26-13-12-24-16-26/h4-13,16-17,22H,3,14-15H2,1-2H3,(H,25,28). The third-order valence-corrected chi connectivity index (χ3v) is 7.61. The summed E-state index contributed by atoms with van der Waals surface area (Å²) in [7, 11) is -3.53. The summed E-state index contributed by atoms with van der Waals surface area (Å²) in [4.78, 5) is 17.2. The van der Waals surface area contributed by atoms with Crippen LogP contribution in [0.15, 0.2) is 67.3 Å². The first-order valence-electron chi connectivity index (χ1n) is 10.3. The van der Waals surface area contributed by atoms with Gasteiger partial charge < -0.3 is 9.88 Å². The Morgan fingerprint density at radius 3 is 2.52 bits per heavy atom. The number of imidazole rings is 1. The van der Waals surface area contributed by atoms with Crippen molar-refractivity contribution in [2.75, 3.05) is 5.75 Å². The van der Waals surface area contributed by atoms with Gasteiger partial charge in [0.05, 0.1) is 18.1 Å². The molecule has 2 atom stereocenters. The average molecular weight is 439 g/mol. The molecule has 0 spiro atoms. The largest absolute Gasteiger partial charge is 0.348 e. The van der Waals surface area contributed by atoms with Crippen LogP contribution in [0.25, 0.3) is 5.69 Å². The SMILES string of the molecule is CCS(=O)(=O)N1Cc2ccccc2CC1C(=O)NC(C)c1ccc(-n2ccnc2)cc1. The lowest BCUT2D eigenvalue weighted by Crippen LogP contribution is -2.53. The third kappa shape index (κ3) is 4.40. The van der Waals surface area contributed by atoms with Gasteiger partial charge in [0, 0.05) is 24.6 Å². The van der Waals surface area contributed by atoms with E-state index >= 15 is 0 Å². The number of carbonyl (C=O) groups excluding carboxylic acids is 1. The molecule has 0 saturated heterocycles. The molecule has 2 aromatic carbocycles. The molecule has 7 nitrogen and oxygen atoms in total. The summed E-state index contributed by atoms with van der Waals surface area (Å²) in [6.45, 7) is 3.73. The van der Waals surface area contributed by atoms with Gasteiger partial charge in [-0.05, 0) is 49.1 Å². The lowest BCUT2D eigenvalue weighted by Gasteiger charge is -2.35. The minimum Gasteiger partial charge on any atom is -0.348 e. The number of hydrogen-bond donors (Lipinski definition) is 1. The van der Waals surface area contributed by atoms with E-state index in [0.717, 1.165) is 22.4 Å². The summed E-state index contributed by atoms with van der Waals surface area (Å²) in [5.74, 6) is -0.317. The van der Waals surface area contributed by atoms with Crippen LogP contribution in [0.1, 0.15) is 36.6 Å². The number of nitrogens with one attached hydrogen (secondary N) is 1. The Kier molecular flexibility index (Phi) is 5.93. The van der Waals surface area contributed by atoms with E-state index in [4.69, 9.17) is 0 Å². The van der Waals surface area contributed by atoms with Crippen molar-refractivity contribution in [1.29, 1.82) is 0 Å². The maximum absolute atomic E-state index is 13.2. The number of amides is 1. The van der Waals surface area contributed by atoms with Crippen molar-refractivity contribution in [2.24, 2.45) is 0 Å². The highest BCUT2D eigenvalue weighted by Crippen LogP contribution is 2.27. The van der Waals surface area contributed by atoms with Crippen LogP contribution in [0.5, 0.6) is 0 Å². The van der Waals surface area contributed by atoms with Gasteiger partial charge >= 0.3 is 0 Å². The molecule has 0 saturated carbocycles. The number of sulfonamides is 1. The zero-order valence-corrected chi connectivity index (χ0v) is 18.4. The Bertz CT molecular complexity index is 1160. The molecule has 0 aliphatic carbocycles. The molecule has 1 aliphatic rings. The number of aromatic nitrogens is 2. The average Bonchev–Trinajstić information content (AvgIpc) is 3.33. The number of rotatable bonds is 6. The molecule has 0 fully saturated rings. The lowest BCUT2D eigenvalue weighted by atomic mass is 9.95. The third-order valence-electron chi connectivity index (χ3n) is 5.78. The fourth-order valence-corrected chi connectivity index (χ4v) is 5.15. The second-order valence-electron chi connectivity index (χ2n) is 7.73. The molecule has 2 unspecified atom stereocenters. The van der Waals surface area contributed by atoms with Crippen LogP contribution in [0, 0.1) is 0 Å². The Morgan fingerprint density at radius 2 is 1.87 bits per heavy atom. The number of nitrogens with zero attached hydrogens (tertiary/aromatic N) is 3. The fraction of sp³-hybridized carbons (Fsp3) is 0.304. The molecule has 1 aromatic heterocycles. The summed E-state index contributed by atoms with van der Waals surface area (Å²) in [6, 6.07) is 14.5. The number of hydrogen-bond acceptors (Lipinski definition) is 4. The summed E-state index contributed by atoms with van der Waals surface area (Å²) in [5, 5.41) is 3.01. The van der Waals surface area contributed by atoms with E-state index in [9.17, 15) is 13.2 Å². The molecule has 1 aliphatic heterocycles. The van der Waals surface area contributed by atoms with Crippen LogP contribution in [-0.2, 0) is 27.8 Å². The van der Waals surface area contributed by atoms with Crippen LogP contribution in [0.4, 0.5) is 0 Å². The topological polar surface area (TPSA) is 84.3 Å². The number of fused-ring (bicyclic) bond motifs is 1. The molecule has 3 aromatic rings. The monoisotopic (exact) mass is 438 g/mol. The highest BCUT2D eigenvalue weighted by molar-refractivity contribution is 7.89. The van der Waals surface area contributed by atoms with Gasteiger partial charge in [-0.3, -0.25) is 4.79 Å². The minimum atomic E-state index is -3.53. The van der Waals surface area contributed by atoms with E-state index in [-0.39, 0.29) is 24.2 Å². The molecule has 31 heavy (non-hydrogen) atoms. The maximum atomic E-state index is 13.2. The van der Waals surface area contributed by atoms with Crippen molar-refractivity contribution >= 4 is 15.9 Å². The van der Waals surface area contributed by atoms with Gasteiger partial charge in [0.25, 0.3) is 0 Å². The predicted molar refractivity (Wildman–Crippen MR) is 119 cm³/mol. The van der Waals surface area contributed by atoms with Gasteiger partial charge in [0.2, 0.25) is 15.9 Å². The van der Waals surface area contributed by atoms with Crippen LogP contribution in [0.3, 0.4) is 0 Å². The normalized spacial score (nSPS) is 17.7. The second kappa shape index (κ2) is 8.64. The van der Waals surface area contributed by atoms with Gasteiger partial charge in [-0.2, -0.15) is 4.31 Å². The van der Waals surface area contributed by atoms with E-state index in [2.05, 4.69) is 10.3 Å². The Balaban J connectivity index is 1.53. The highest BCUT2D eigenvalue weighted by atomic mass is 32.2. The van der Waals surface area contributed by atoms with E-state index in [0.29, 0.717) is 6.42 Å². The van der Waals surface area contributed by atoms with Gasteiger partial charge in [0.15, 0.2) is 0 Å². The molecule has 1 N–H and O–H groups in total. The van der Waals surface area contributed by atoms with Crippen molar-refractivity contribution in [2.45, 2.75) is 38.9 Å². The van der Waals surface area contributed by atoms with Crippen LogP contribution in [-0.4, -0.2) is 40.0 Å². The van der Waals surface area contributed by atoms with Crippen molar-refractivity contribution in [1.82, 2.24) is 19.2 Å². The Hall–Kier alpha value is -2.97. The van der Waals surface area contributed by atoms with Crippen molar-refractivity contribution < 1.29 is 13.2 Å². The maximum Gasteiger partial charge on any atom is 0.239 e. The lowest BCUT2D eigenvalue weighted by molar-refractivity contribution is -0.125. The van der Waals surface area contributed by atoms with Gasteiger partial charge in [-0.25, -0.2) is 13.4 Å². The first-order chi connectivity index (χ1) is 14.9. The molecule has 1 amide bonds. The van der Waals surface area contributed by atoms with Crippen molar-refractivity contribution in [3.8, 4) is 5.69 Å². The minimum absolute atomic E-state index is 0.0375. The Labute approximate surface area is 182 Å². The first-order valence-corrected chi connectivity index (χ1v) is 11.9. The molecule has 162 valence electrons. The van der Waals surface area contributed by atoms with Crippen molar-refractivity contribution in [3.05, 3.63) is 83.9 Å². The van der Waals surface area contributed by atoms with Gasteiger partial charge in [-0.1, -0.05) is 36.4 Å².